The lowest BCUT2D eigenvalue weighted by molar-refractivity contribution is 0.275. The summed E-state index contributed by atoms with van der Waals surface area (Å²) in [5.41, 5.74) is 2.01. The van der Waals surface area contributed by atoms with Gasteiger partial charge in [0.15, 0.2) is 5.96 Å². The zero-order chi connectivity index (χ0) is 17.5. The average molecular weight is 498 g/mol. The molecule has 0 aliphatic rings. The standard InChI is InChI=1S/C17H18Cl2FN3O.HI/c1-21-17(23-9-12-3-4-14(18)7-15(12)19)22-8-11-2-5-16(20)13(6-11)10-24;/h2-7,24H,8-10H2,1H3,(H2,21,22,23);1H. The summed E-state index contributed by atoms with van der Waals surface area (Å²) < 4.78 is 13.4. The molecule has 0 unspecified atom stereocenters. The molecule has 136 valence electrons. The van der Waals surface area contributed by atoms with Crippen molar-refractivity contribution >= 4 is 53.1 Å². The van der Waals surface area contributed by atoms with E-state index in [4.69, 9.17) is 28.3 Å². The molecule has 0 aliphatic heterocycles. The molecule has 0 radical (unpaired) electrons. The van der Waals surface area contributed by atoms with E-state index < -0.39 is 5.82 Å². The highest BCUT2D eigenvalue weighted by atomic mass is 127. The van der Waals surface area contributed by atoms with E-state index >= 15 is 0 Å². The second kappa shape index (κ2) is 10.8. The summed E-state index contributed by atoms with van der Waals surface area (Å²) in [6.45, 7) is 0.601. The molecule has 0 heterocycles. The predicted molar refractivity (Wildman–Crippen MR) is 111 cm³/mol. The minimum atomic E-state index is -0.416. The molecule has 4 nitrogen and oxygen atoms in total. The van der Waals surface area contributed by atoms with Gasteiger partial charge >= 0.3 is 0 Å². The number of guanidine groups is 1. The molecular formula is C17H19Cl2FIN3O. The zero-order valence-electron chi connectivity index (χ0n) is 13.5. The summed E-state index contributed by atoms with van der Waals surface area (Å²) in [5, 5.41) is 16.5. The molecule has 0 spiro atoms. The van der Waals surface area contributed by atoms with Crippen LogP contribution in [0.4, 0.5) is 4.39 Å². The van der Waals surface area contributed by atoms with Crippen LogP contribution in [0, 0.1) is 5.82 Å². The number of aliphatic hydroxyl groups is 1. The van der Waals surface area contributed by atoms with E-state index in [1.807, 2.05) is 6.07 Å². The van der Waals surface area contributed by atoms with Gasteiger partial charge in [0.25, 0.3) is 0 Å². The average Bonchev–Trinajstić information content (AvgIpc) is 2.57. The number of benzene rings is 2. The molecule has 2 aromatic carbocycles. The second-order valence-corrected chi connectivity index (χ2v) is 5.94. The fourth-order valence-corrected chi connectivity index (χ4v) is 2.58. The number of rotatable bonds is 5. The highest BCUT2D eigenvalue weighted by Gasteiger charge is 2.05. The number of aliphatic hydroxyl groups excluding tert-OH is 1. The van der Waals surface area contributed by atoms with Gasteiger partial charge in [-0.3, -0.25) is 4.99 Å². The Labute approximate surface area is 173 Å². The van der Waals surface area contributed by atoms with Gasteiger partial charge in [-0.1, -0.05) is 35.3 Å². The molecule has 2 aromatic rings. The van der Waals surface area contributed by atoms with Crippen LogP contribution in [0.25, 0.3) is 0 Å². The summed E-state index contributed by atoms with van der Waals surface area (Å²) in [7, 11) is 1.66. The Morgan fingerprint density at radius 2 is 1.80 bits per heavy atom. The summed E-state index contributed by atoms with van der Waals surface area (Å²) >= 11 is 12.0. The fourth-order valence-electron chi connectivity index (χ4n) is 2.11. The number of nitrogens with one attached hydrogen (secondary N) is 2. The minimum absolute atomic E-state index is 0. The molecule has 0 saturated heterocycles. The van der Waals surface area contributed by atoms with Gasteiger partial charge in [-0.15, -0.1) is 24.0 Å². The molecular weight excluding hydrogens is 479 g/mol. The Bertz CT molecular complexity index is 744. The smallest absolute Gasteiger partial charge is 0.191 e. The van der Waals surface area contributed by atoms with Crippen LogP contribution in [-0.2, 0) is 19.7 Å². The third kappa shape index (κ3) is 6.62. The largest absolute Gasteiger partial charge is 0.392 e. The highest BCUT2D eigenvalue weighted by molar-refractivity contribution is 14.0. The number of nitrogens with zero attached hydrogens (tertiary/aromatic N) is 1. The zero-order valence-corrected chi connectivity index (χ0v) is 17.4. The molecule has 0 bridgehead atoms. The maximum absolute atomic E-state index is 13.4. The fraction of sp³-hybridized carbons (Fsp3) is 0.235. The van der Waals surface area contributed by atoms with Crippen LogP contribution < -0.4 is 10.6 Å². The Hall–Kier alpha value is -1.09. The van der Waals surface area contributed by atoms with Crippen molar-refractivity contribution in [1.82, 2.24) is 10.6 Å². The van der Waals surface area contributed by atoms with Gasteiger partial charge in [-0.2, -0.15) is 0 Å². The Balaban J connectivity index is 0.00000312. The van der Waals surface area contributed by atoms with E-state index in [1.165, 1.54) is 6.07 Å². The molecule has 2 rings (SSSR count). The summed E-state index contributed by atoms with van der Waals surface area (Å²) in [4.78, 5) is 4.13. The first-order chi connectivity index (χ1) is 11.5. The Morgan fingerprint density at radius 3 is 2.44 bits per heavy atom. The minimum Gasteiger partial charge on any atom is -0.392 e. The molecule has 0 fully saturated rings. The van der Waals surface area contributed by atoms with Crippen molar-refractivity contribution in [2.45, 2.75) is 19.7 Å². The van der Waals surface area contributed by atoms with Gasteiger partial charge in [-0.25, -0.2) is 4.39 Å². The van der Waals surface area contributed by atoms with Crippen molar-refractivity contribution in [3.05, 3.63) is 69.0 Å². The van der Waals surface area contributed by atoms with Gasteiger partial charge in [-0.05, 0) is 35.4 Å². The number of hydrogen-bond donors (Lipinski definition) is 3. The first-order valence-corrected chi connectivity index (χ1v) is 8.05. The second-order valence-electron chi connectivity index (χ2n) is 5.10. The topological polar surface area (TPSA) is 56.7 Å². The van der Waals surface area contributed by atoms with Crippen LogP contribution >= 0.6 is 47.2 Å². The lowest BCUT2D eigenvalue weighted by Gasteiger charge is -2.13. The number of halogens is 4. The van der Waals surface area contributed by atoms with Crippen LogP contribution in [0.2, 0.25) is 10.0 Å². The van der Waals surface area contributed by atoms with Crippen LogP contribution in [0.15, 0.2) is 41.4 Å². The summed E-state index contributed by atoms with van der Waals surface area (Å²) in [6.07, 6.45) is 0. The monoisotopic (exact) mass is 497 g/mol. The van der Waals surface area contributed by atoms with Crippen molar-refractivity contribution in [3.8, 4) is 0 Å². The van der Waals surface area contributed by atoms with Gasteiger partial charge in [0.05, 0.1) is 6.61 Å². The molecule has 25 heavy (non-hydrogen) atoms. The van der Waals surface area contributed by atoms with E-state index in [1.54, 1.807) is 31.3 Å². The van der Waals surface area contributed by atoms with E-state index in [0.717, 1.165) is 11.1 Å². The third-order valence-electron chi connectivity index (χ3n) is 3.43. The van der Waals surface area contributed by atoms with Gasteiger partial charge < -0.3 is 15.7 Å². The summed E-state index contributed by atoms with van der Waals surface area (Å²) in [5.74, 6) is 0.164. The van der Waals surface area contributed by atoms with E-state index in [2.05, 4.69) is 15.6 Å². The van der Waals surface area contributed by atoms with Crippen molar-refractivity contribution in [1.29, 1.82) is 0 Å². The Morgan fingerprint density at radius 1 is 1.08 bits per heavy atom. The lowest BCUT2D eigenvalue weighted by atomic mass is 10.1. The highest BCUT2D eigenvalue weighted by Crippen LogP contribution is 2.20. The van der Waals surface area contributed by atoms with Crippen LogP contribution in [0.5, 0.6) is 0 Å². The maximum atomic E-state index is 13.4. The van der Waals surface area contributed by atoms with E-state index in [9.17, 15) is 4.39 Å². The number of aliphatic imine (C=N–C) groups is 1. The molecule has 0 saturated carbocycles. The first kappa shape index (κ1) is 22.0. The molecule has 0 amide bonds. The normalized spacial score (nSPS) is 11.0. The van der Waals surface area contributed by atoms with E-state index in [-0.39, 0.29) is 36.1 Å². The van der Waals surface area contributed by atoms with Crippen LogP contribution in [-0.4, -0.2) is 18.1 Å². The third-order valence-corrected chi connectivity index (χ3v) is 4.01. The molecule has 0 aliphatic carbocycles. The SMILES string of the molecule is CN=C(NCc1ccc(F)c(CO)c1)NCc1ccc(Cl)cc1Cl.I. The predicted octanol–water partition coefficient (Wildman–Crippen LogP) is 4.11. The summed E-state index contributed by atoms with van der Waals surface area (Å²) in [6, 6.07) is 9.92. The molecule has 0 atom stereocenters. The molecule has 3 N–H and O–H groups in total. The van der Waals surface area contributed by atoms with Gasteiger partial charge in [0, 0.05) is 35.7 Å². The molecule has 0 aromatic heterocycles. The van der Waals surface area contributed by atoms with Gasteiger partial charge in [0.2, 0.25) is 0 Å². The quantitative estimate of drug-likeness (QED) is 0.331. The van der Waals surface area contributed by atoms with Crippen molar-refractivity contribution in [2.75, 3.05) is 7.05 Å². The Kier molecular flexibility index (Phi) is 9.48. The maximum Gasteiger partial charge on any atom is 0.191 e. The molecule has 8 heteroatoms. The first-order valence-electron chi connectivity index (χ1n) is 7.30. The van der Waals surface area contributed by atoms with Gasteiger partial charge in [0.1, 0.15) is 5.82 Å². The van der Waals surface area contributed by atoms with Crippen LogP contribution in [0.1, 0.15) is 16.7 Å². The van der Waals surface area contributed by atoms with Crippen molar-refractivity contribution in [2.24, 2.45) is 4.99 Å². The van der Waals surface area contributed by atoms with Crippen molar-refractivity contribution in [3.63, 3.8) is 0 Å². The van der Waals surface area contributed by atoms with Crippen molar-refractivity contribution < 1.29 is 9.50 Å². The van der Waals surface area contributed by atoms with E-state index in [0.29, 0.717) is 29.1 Å². The lowest BCUT2D eigenvalue weighted by Crippen LogP contribution is -2.36. The van der Waals surface area contributed by atoms with Crippen LogP contribution in [0.3, 0.4) is 0 Å². The number of hydrogen-bond acceptors (Lipinski definition) is 2.